The first-order valence-electron chi connectivity index (χ1n) is 9.95. The number of amides is 3. The molecule has 0 saturated heterocycles. The average Bonchev–Trinajstić information content (AvgIpc) is 3.23. The minimum Gasteiger partial charge on any atom is -0.465 e. The van der Waals surface area contributed by atoms with E-state index in [1.54, 1.807) is 78.9 Å². The van der Waals surface area contributed by atoms with E-state index in [1.807, 2.05) is 0 Å². The van der Waals surface area contributed by atoms with E-state index in [-0.39, 0.29) is 5.91 Å². The molecule has 4 aromatic rings. The number of carbonyl (C=O) groups is 3. The quantitative estimate of drug-likeness (QED) is 0.266. The fourth-order valence-corrected chi connectivity index (χ4v) is 4.30. The van der Waals surface area contributed by atoms with Crippen molar-refractivity contribution in [3.8, 4) is 0 Å². The number of rotatable bonds is 6. The van der Waals surface area contributed by atoms with Gasteiger partial charge in [-0.2, -0.15) is 0 Å². The van der Waals surface area contributed by atoms with E-state index in [1.165, 1.54) is 11.3 Å². The number of hydrogen-bond acceptors (Lipinski definition) is 5. The van der Waals surface area contributed by atoms with E-state index in [4.69, 9.17) is 10.8 Å². The van der Waals surface area contributed by atoms with Gasteiger partial charge < -0.3 is 26.8 Å². The van der Waals surface area contributed by atoms with Gasteiger partial charge in [0.2, 0.25) is 0 Å². The molecule has 1 aromatic heterocycles. The van der Waals surface area contributed by atoms with E-state index in [0.29, 0.717) is 27.5 Å². The van der Waals surface area contributed by atoms with Crippen molar-refractivity contribution >= 4 is 56.4 Å². The predicted molar refractivity (Wildman–Crippen MR) is 130 cm³/mol. The Bertz CT molecular complexity index is 1340. The van der Waals surface area contributed by atoms with E-state index >= 15 is 0 Å². The summed E-state index contributed by atoms with van der Waals surface area (Å²) in [6.45, 7) is 0. The molecule has 166 valence electrons. The highest BCUT2D eigenvalue weighted by Gasteiger charge is 2.23. The number of nitrogen functional groups attached to an aromatic ring is 1. The highest BCUT2D eigenvalue weighted by molar-refractivity contribution is 7.21. The summed E-state index contributed by atoms with van der Waals surface area (Å²) < 4.78 is 0.793. The second-order valence-corrected chi connectivity index (χ2v) is 8.27. The van der Waals surface area contributed by atoms with E-state index in [2.05, 4.69) is 16.0 Å². The van der Waals surface area contributed by atoms with Gasteiger partial charge in [0, 0.05) is 10.4 Å². The molecular weight excluding hydrogens is 440 g/mol. The third kappa shape index (κ3) is 5.10. The van der Waals surface area contributed by atoms with Crippen molar-refractivity contribution in [2.24, 2.45) is 0 Å². The molecule has 0 fully saturated rings. The van der Waals surface area contributed by atoms with Crippen molar-refractivity contribution in [2.45, 2.75) is 6.04 Å². The van der Waals surface area contributed by atoms with Gasteiger partial charge in [-0.1, -0.05) is 48.5 Å². The molecule has 8 nitrogen and oxygen atoms in total. The number of anilines is 3. The van der Waals surface area contributed by atoms with Crippen LogP contribution in [-0.2, 0) is 4.79 Å². The fourth-order valence-electron chi connectivity index (χ4n) is 3.30. The summed E-state index contributed by atoms with van der Waals surface area (Å²) in [6.07, 6.45) is -1.30. The van der Waals surface area contributed by atoms with E-state index < -0.39 is 18.0 Å². The number of nitrogens with one attached hydrogen (secondary N) is 3. The Balaban J connectivity index is 1.53. The van der Waals surface area contributed by atoms with Gasteiger partial charge >= 0.3 is 6.09 Å². The number of hydrogen-bond donors (Lipinski definition) is 5. The summed E-state index contributed by atoms with van der Waals surface area (Å²) in [6, 6.07) is 21.5. The zero-order chi connectivity index (χ0) is 23.4. The summed E-state index contributed by atoms with van der Waals surface area (Å²) in [5.74, 6) is -0.800. The van der Waals surface area contributed by atoms with Crippen LogP contribution in [0, 0.1) is 0 Å². The lowest BCUT2D eigenvalue weighted by Gasteiger charge is -2.17. The lowest BCUT2D eigenvalue weighted by atomic mass is 10.1. The van der Waals surface area contributed by atoms with Crippen molar-refractivity contribution in [3.63, 3.8) is 0 Å². The van der Waals surface area contributed by atoms with E-state index in [0.717, 1.165) is 10.1 Å². The molecule has 0 unspecified atom stereocenters. The minimum absolute atomic E-state index is 0.283. The molecule has 9 heteroatoms. The number of para-hydroxylation sites is 2. The number of fused-ring (bicyclic) bond motifs is 1. The summed E-state index contributed by atoms with van der Waals surface area (Å²) >= 11 is 1.27. The molecule has 0 radical (unpaired) electrons. The Morgan fingerprint density at radius 3 is 2.33 bits per heavy atom. The Hall–Kier alpha value is -4.37. The summed E-state index contributed by atoms with van der Waals surface area (Å²) in [7, 11) is 0. The SMILES string of the molecule is Nc1ccccc1NC(=O)c1cc2ccc(NC(=O)[C@H](NC(=O)O)c3ccccc3)cc2s1. The zero-order valence-corrected chi connectivity index (χ0v) is 18.1. The molecule has 1 atom stereocenters. The summed E-state index contributed by atoms with van der Waals surface area (Å²) in [5.41, 5.74) is 7.91. The van der Waals surface area contributed by atoms with Crippen LogP contribution in [0.15, 0.2) is 78.9 Å². The lowest BCUT2D eigenvalue weighted by Crippen LogP contribution is -2.36. The Kier molecular flexibility index (Phi) is 6.23. The molecule has 0 saturated carbocycles. The first-order chi connectivity index (χ1) is 15.9. The maximum Gasteiger partial charge on any atom is 0.405 e. The number of carboxylic acid groups (broad SMARTS) is 1. The van der Waals surface area contributed by atoms with Gasteiger partial charge in [-0.15, -0.1) is 11.3 Å². The predicted octanol–water partition coefficient (Wildman–Crippen LogP) is 4.68. The monoisotopic (exact) mass is 460 g/mol. The topological polar surface area (TPSA) is 134 Å². The second kappa shape index (κ2) is 9.41. The van der Waals surface area contributed by atoms with Crippen LogP contribution in [0.1, 0.15) is 21.3 Å². The normalized spacial score (nSPS) is 11.5. The standard InChI is InChI=1S/C24H20N4O4S/c25-17-8-4-5-9-18(17)27-22(29)20-12-15-10-11-16(13-19(15)33-20)26-23(30)21(28-24(31)32)14-6-2-1-3-7-14/h1-13,21,28H,25H2,(H,26,30)(H,27,29)(H,31,32)/t21-/m1/s1. The van der Waals surface area contributed by atoms with Crippen LogP contribution < -0.4 is 21.7 Å². The minimum atomic E-state index is -1.30. The van der Waals surface area contributed by atoms with Gasteiger partial charge in [0.15, 0.2) is 0 Å². The number of thiophene rings is 1. The van der Waals surface area contributed by atoms with Crippen LogP contribution in [-0.4, -0.2) is 23.0 Å². The average molecular weight is 461 g/mol. The second-order valence-electron chi connectivity index (χ2n) is 7.19. The Morgan fingerprint density at radius 2 is 1.61 bits per heavy atom. The first-order valence-corrected chi connectivity index (χ1v) is 10.8. The van der Waals surface area contributed by atoms with Gasteiger partial charge in [0.1, 0.15) is 6.04 Å². The van der Waals surface area contributed by atoms with Crippen molar-refractivity contribution in [2.75, 3.05) is 16.4 Å². The third-order valence-electron chi connectivity index (χ3n) is 4.88. The van der Waals surface area contributed by atoms with Crippen molar-refractivity contribution in [1.29, 1.82) is 0 Å². The van der Waals surface area contributed by atoms with Crippen LogP contribution in [0.5, 0.6) is 0 Å². The molecule has 0 aliphatic rings. The molecule has 0 bridgehead atoms. The van der Waals surface area contributed by atoms with Crippen molar-refractivity contribution in [1.82, 2.24) is 5.32 Å². The maximum absolute atomic E-state index is 12.8. The lowest BCUT2D eigenvalue weighted by molar-refractivity contribution is -0.118. The van der Waals surface area contributed by atoms with Gasteiger partial charge in [0.25, 0.3) is 11.8 Å². The molecule has 3 aromatic carbocycles. The number of benzene rings is 3. The molecule has 6 N–H and O–H groups in total. The molecule has 0 aliphatic carbocycles. The van der Waals surface area contributed by atoms with Gasteiger partial charge in [-0.25, -0.2) is 4.79 Å². The van der Waals surface area contributed by atoms with Crippen molar-refractivity contribution in [3.05, 3.63) is 89.3 Å². The highest BCUT2D eigenvalue weighted by atomic mass is 32.1. The molecule has 3 amide bonds. The fraction of sp³-hybridized carbons (Fsp3) is 0.0417. The van der Waals surface area contributed by atoms with Gasteiger partial charge in [-0.3, -0.25) is 9.59 Å². The smallest absolute Gasteiger partial charge is 0.405 e. The molecule has 4 rings (SSSR count). The number of carbonyl (C=O) groups excluding carboxylic acids is 2. The van der Waals surface area contributed by atoms with Crippen LogP contribution in [0.4, 0.5) is 21.9 Å². The molecule has 33 heavy (non-hydrogen) atoms. The van der Waals surface area contributed by atoms with Crippen molar-refractivity contribution < 1.29 is 19.5 Å². The summed E-state index contributed by atoms with van der Waals surface area (Å²) in [5, 5.41) is 17.8. The Morgan fingerprint density at radius 1 is 0.879 bits per heavy atom. The molecule has 1 heterocycles. The van der Waals surface area contributed by atoms with Gasteiger partial charge in [-0.05, 0) is 41.3 Å². The molecule has 0 aliphatic heterocycles. The van der Waals surface area contributed by atoms with Crippen LogP contribution in [0.25, 0.3) is 10.1 Å². The van der Waals surface area contributed by atoms with Crippen LogP contribution in [0.2, 0.25) is 0 Å². The van der Waals surface area contributed by atoms with Gasteiger partial charge in [0.05, 0.1) is 16.3 Å². The number of nitrogens with two attached hydrogens (primary N) is 1. The largest absolute Gasteiger partial charge is 0.465 e. The first kappa shape index (κ1) is 21.8. The van der Waals surface area contributed by atoms with Crippen LogP contribution >= 0.6 is 11.3 Å². The molecular formula is C24H20N4O4S. The maximum atomic E-state index is 12.8. The summed E-state index contributed by atoms with van der Waals surface area (Å²) in [4.78, 5) is 37.2. The zero-order valence-electron chi connectivity index (χ0n) is 17.2. The van der Waals surface area contributed by atoms with E-state index in [9.17, 15) is 14.4 Å². The Labute approximate surface area is 193 Å². The van der Waals surface area contributed by atoms with Crippen LogP contribution in [0.3, 0.4) is 0 Å². The molecule has 0 spiro atoms. The highest BCUT2D eigenvalue weighted by Crippen LogP contribution is 2.30. The third-order valence-corrected chi connectivity index (χ3v) is 5.98.